The van der Waals surface area contributed by atoms with E-state index in [0.29, 0.717) is 31.5 Å². The highest BCUT2D eigenvalue weighted by atomic mass is 32.2. The first-order chi connectivity index (χ1) is 13.6. The van der Waals surface area contributed by atoms with Crippen LogP contribution in [0.25, 0.3) is 0 Å². The predicted molar refractivity (Wildman–Crippen MR) is 105 cm³/mol. The number of esters is 1. The molecule has 1 saturated heterocycles. The Hall–Kier alpha value is -2.65. The molecule has 2 aromatic rings. The molecule has 0 saturated carbocycles. The van der Waals surface area contributed by atoms with Gasteiger partial charge in [0.25, 0.3) is 0 Å². The molecule has 0 radical (unpaired) electrons. The SMILES string of the molecule is CCOC(=O)c1cnc(S[C@@H](C(=O)N2CCOCC2)c2ccccc2)nc1N. The van der Waals surface area contributed by atoms with Crippen LogP contribution < -0.4 is 5.73 Å². The maximum Gasteiger partial charge on any atom is 0.343 e. The van der Waals surface area contributed by atoms with Crippen molar-refractivity contribution >= 4 is 29.5 Å². The predicted octanol–water partition coefficient (Wildman–Crippen LogP) is 1.93. The number of benzene rings is 1. The van der Waals surface area contributed by atoms with Gasteiger partial charge >= 0.3 is 5.97 Å². The minimum Gasteiger partial charge on any atom is -0.462 e. The van der Waals surface area contributed by atoms with E-state index in [-0.39, 0.29) is 23.9 Å². The van der Waals surface area contributed by atoms with Gasteiger partial charge in [-0.1, -0.05) is 42.1 Å². The Labute approximate surface area is 167 Å². The van der Waals surface area contributed by atoms with Crippen LogP contribution >= 0.6 is 11.8 Å². The van der Waals surface area contributed by atoms with Crippen molar-refractivity contribution in [2.75, 3.05) is 38.6 Å². The Kier molecular flexibility index (Phi) is 6.83. The van der Waals surface area contributed by atoms with Crippen LogP contribution in [0.3, 0.4) is 0 Å². The number of rotatable bonds is 6. The summed E-state index contributed by atoms with van der Waals surface area (Å²) >= 11 is 1.21. The molecular weight excluding hydrogens is 380 g/mol. The lowest BCUT2D eigenvalue weighted by Gasteiger charge is -2.30. The maximum atomic E-state index is 13.1. The van der Waals surface area contributed by atoms with Crippen molar-refractivity contribution in [3.05, 3.63) is 47.7 Å². The minimum atomic E-state index is -0.569. The van der Waals surface area contributed by atoms with Crippen molar-refractivity contribution in [1.82, 2.24) is 14.9 Å². The van der Waals surface area contributed by atoms with Gasteiger partial charge in [-0.3, -0.25) is 4.79 Å². The topological polar surface area (TPSA) is 108 Å². The fourth-order valence-electron chi connectivity index (χ4n) is 2.74. The van der Waals surface area contributed by atoms with Crippen LogP contribution in [0.15, 0.2) is 41.7 Å². The summed E-state index contributed by atoms with van der Waals surface area (Å²) in [7, 11) is 0. The number of amides is 1. The zero-order chi connectivity index (χ0) is 19.9. The molecule has 148 valence electrons. The molecule has 2 N–H and O–H groups in total. The summed E-state index contributed by atoms with van der Waals surface area (Å²) in [5, 5.41) is -0.201. The van der Waals surface area contributed by atoms with Gasteiger partial charge in [0.15, 0.2) is 5.16 Å². The Morgan fingerprint density at radius 2 is 2.00 bits per heavy atom. The van der Waals surface area contributed by atoms with Crippen LogP contribution in [0.5, 0.6) is 0 Å². The van der Waals surface area contributed by atoms with Crippen LogP contribution in [0.1, 0.15) is 28.1 Å². The van der Waals surface area contributed by atoms with Crippen LogP contribution in [0.4, 0.5) is 5.82 Å². The highest BCUT2D eigenvalue weighted by Gasteiger charge is 2.29. The van der Waals surface area contributed by atoms with Crippen molar-refractivity contribution in [3.63, 3.8) is 0 Å². The zero-order valence-corrected chi connectivity index (χ0v) is 16.4. The van der Waals surface area contributed by atoms with Crippen LogP contribution in [-0.2, 0) is 14.3 Å². The minimum absolute atomic E-state index is 0.0292. The molecule has 28 heavy (non-hydrogen) atoms. The Bertz CT molecular complexity index is 828. The van der Waals surface area contributed by atoms with Gasteiger partial charge in [-0.25, -0.2) is 14.8 Å². The van der Waals surface area contributed by atoms with Crippen LogP contribution in [0, 0.1) is 0 Å². The van der Waals surface area contributed by atoms with Crippen molar-refractivity contribution < 1.29 is 19.1 Å². The molecule has 1 aromatic carbocycles. The Morgan fingerprint density at radius 3 is 2.64 bits per heavy atom. The van der Waals surface area contributed by atoms with Gasteiger partial charge in [0, 0.05) is 19.3 Å². The molecule has 1 amide bonds. The number of nitrogen functional groups attached to an aromatic ring is 1. The quantitative estimate of drug-likeness (QED) is 0.444. The summed E-state index contributed by atoms with van der Waals surface area (Å²) in [6.07, 6.45) is 1.34. The third-order valence-electron chi connectivity index (χ3n) is 4.16. The second kappa shape index (κ2) is 9.52. The number of thioether (sulfide) groups is 1. The standard InChI is InChI=1S/C19H22N4O4S/c1-2-27-18(25)14-12-21-19(22-16(14)20)28-15(13-6-4-3-5-7-13)17(24)23-8-10-26-11-9-23/h3-7,12,15H,2,8-11H2,1H3,(H2,20,21,22)/t15-/m1/s1. The lowest BCUT2D eigenvalue weighted by atomic mass is 10.1. The average Bonchev–Trinajstić information content (AvgIpc) is 2.73. The molecule has 0 bridgehead atoms. The molecular formula is C19H22N4O4S. The van der Waals surface area contributed by atoms with Gasteiger partial charge in [0.05, 0.1) is 19.8 Å². The second-order valence-corrected chi connectivity index (χ2v) is 7.09. The number of nitrogens with zero attached hydrogens (tertiary/aromatic N) is 3. The summed E-state index contributed by atoms with van der Waals surface area (Å²) in [5.41, 5.74) is 6.87. The molecule has 1 aliphatic rings. The number of aromatic nitrogens is 2. The van der Waals surface area contributed by atoms with E-state index >= 15 is 0 Å². The van der Waals surface area contributed by atoms with Gasteiger partial charge in [0.2, 0.25) is 5.91 Å². The fourth-order valence-corrected chi connectivity index (χ4v) is 3.76. The lowest BCUT2D eigenvalue weighted by Crippen LogP contribution is -2.42. The third kappa shape index (κ3) is 4.79. The largest absolute Gasteiger partial charge is 0.462 e. The van der Waals surface area contributed by atoms with Gasteiger partial charge in [-0.15, -0.1) is 0 Å². The van der Waals surface area contributed by atoms with Gasteiger partial charge in [-0.05, 0) is 12.5 Å². The Morgan fingerprint density at radius 1 is 1.29 bits per heavy atom. The van der Waals surface area contributed by atoms with Gasteiger partial charge < -0.3 is 20.1 Å². The third-order valence-corrected chi connectivity index (χ3v) is 5.28. The number of anilines is 1. The van der Waals surface area contributed by atoms with Crippen LogP contribution in [-0.4, -0.2) is 59.7 Å². The van der Waals surface area contributed by atoms with E-state index in [1.807, 2.05) is 30.3 Å². The van der Waals surface area contributed by atoms with Crippen molar-refractivity contribution in [3.8, 4) is 0 Å². The van der Waals surface area contributed by atoms with Gasteiger partial charge in [0.1, 0.15) is 16.6 Å². The normalized spacial score (nSPS) is 15.1. The monoisotopic (exact) mass is 402 g/mol. The maximum absolute atomic E-state index is 13.1. The summed E-state index contributed by atoms with van der Waals surface area (Å²) < 4.78 is 10.3. The van der Waals surface area contributed by atoms with Crippen molar-refractivity contribution in [2.45, 2.75) is 17.3 Å². The first kappa shape index (κ1) is 20.1. The Balaban J connectivity index is 1.84. The summed E-state index contributed by atoms with van der Waals surface area (Å²) in [5.74, 6) is -0.571. The molecule has 1 aromatic heterocycles. The van der Waals surface area contributed by atoms with Crippen LogP contribution in [0.2, 0.25) is 0 Å². The first-order valence-corrected chi connectivity index (χ1v) is 9.86. The summed E-state index contributed by atoms with van der Waals surface area (Å²) in [4.78, 5) is 35.2. The molecule has 1 fully saturated rings. The number of hydrogen-bond donors (Lipinski definition) is 1. The molecule has 0 unspecified atom stereocenters. The molecule has 0 spiro atoms. The highest BCUT2D eigenvalue weighted by molar-refractivity contribution is 8.00. The molecule has 0 aliphatic carbocycles. The van der Waals surface area contributed by atoms with Crippen molar-refractivity contribution in [1.29, 1.82) is 0 Å². The van der Waals surface area contributed by atoms with Crippen molar-refractivity contribution in [2.24, 2.45) is 0 Å². The number of morpholine rings is 1. The fraction of sp³-hybridized carbons (Fsp3) is 0.368. The first-order valence-electron chi connectivity index (χ1n) is 8.98. The van der Waals surface area contributed by atoms with Gasteiger partial charge in [-0.2, -0.15) is 0 Å². The summed E-state index contributed by atoms with van der Waals surface area (Å²) in [6.45, 7) is 4.09. The lowest BCUT2D eigenvalue weighted by molar-refractivity contribution is -0.134. The molecule has 1 aliphatic heterocycles. The van der Waals surface area contributed by atoms with E-state index in [2.05, 4.69) is 9.97 Å². The summed E-state index contributed by atoms with van der Waals surface area (Å²) in [6, 6.07) is 9.45. The van der Waals surface area contributed by atoms with E-state index in [4.69, 9.17) is 15.2 Å². The van der Waals surface area contributed by atoms with E-state index in [9.17, 15) is 9.59 Å². The number of hydrogen-bond acceptors (Lipinski definition) is 8. The van der Waals surface area contributed by atoms with E-state index in [1.54, 1.807) is 11.8 Å². The number of ether oxygens (including phenoxy) is 2. The van der Waals surface area contributed by atoms with E-state index in [0.717, 1.165) is 5.56 Å². The van der Waals surface area contributed by atoms with E-state index < -0.39 is 11.2 Å². The highest BCUT2D eigenvalue weighted by Crippen LogP contribution is 2.35. The molecule has 2 heterocycles. The van der Waals surface area contributed by atoms with E-state index in [1.165, 1.54) is 18.0 Å². The molecule has 3 rings (SSSR count). The molecule has 8 nitrogen and oxygen atoms in total. The smallest absolute Gasteiger partial charge is 0.343 e. The second-order valence-electron chi connectivity index (χ2n) is 6.02. The molecule has 9 heteroatoms. The average molecular weight is 402 g/mol. The number of carbonyl (C=O) groups is 2. The zero-order valence-electron chi connectivity index (χ0n) is 15.5. The number of nitrogens with two attached hydrogens (primary N) is 1. The number of carbonyl (C=O) groups excluding carboxylic acids is 2. The molecule has 1 atom stereocenters.